The van der Waals surface area contributed by atoms with Gasteiger partial charge in [0.2, 0.25) is 0 Å². The summed E-state index contributed by atoms with van der Waals surface area (Å²) in [6.45, 7) is 3.70. The van der Waals surface area contributed by atoms with Crippen molar-refractivity contribution < 1.29 is 5.11 Å². The summed E-state index contributed by atoms with van der Waals surface area (Å²) in [7, 11) is 0. The summed E-state index contributed by atoms with van der Waals surface area (Å²) >= 11 is 5.95. The van der Waals surface area contributed by atoms with E-state index in [4.69, 9.17) is 17.3 Å². The predicted octanol–water partition coefficient (Wildman–Crippen LogP) is 2.38. The molecule has 1 atom stereocenters. The number of halogens is 1. The zero-order valence-corrected chi connectivity index (χ0v) is 15.5. The lowest BCUT2D eigenvalue weighted by Gasteiger charge is -2.36. The highest BCUT2D eigenvalue weighted by Gasteiger charge is 2.18. The van der Waals surface area contributed by atoms with Gasteiger partial charge in [-0.1, -0.05) is 41.9 Å². The molecule has 1 saturated heterocycles. The van der Waals surface area contributed by atoms with Crippen LogP contribution in [0.2, 0.25) is 5.02 Å². The molecule has 6 heteroatoms. The van der Waals surface area contributed by atoms with E-state index in [1.54, 1.807) is 0 Å². The van der Waals surface area contributed by atoms with Crippen LogP contribution in [-0.2, 0) is 6.42 Å². The van der Waals surface area contributed by atoms with Gasteiger partial charge >= 0.3 is 0 Å². The van der Waals surface area contributed by atoms with Crippen molar-refractivity contribution >= 4 is 23.2 Å². The Labute approximate surface area is 159 Å². The first-order valence-electron chi connectivity index (χ1n) is 8.89. The predicted molar refractivity (Wildman–Crippen MR) is 108 cm³/mol. The standard InChI is InChI=1S/C20H25ClN4O/c21-17-6-8-18(9-7-17)24-10-12-25(13-11-24)20(22)23-15-19(26)14-16-4-2-1-3-5-16/h1-9,19,26H,10-15H2,(H2,22,23). The van der Waals surface area contributed by atoms with Crippen molar-refractivity contribution in [3.8, 4) is 0 Å². The Morgan fingerprint density at radius 2 is 1.69 bits per heavy atom. The van der Waals surface area contributed by atoms with Crippen molar-refractivity contribution in [3.63, 3.8) is 0 Å². The molecule has 0 bridgehead atoms. The molecule has 1 unspecified atom stereocenters. The molecule has 0 saturated carbocycles. The summed E-state index contributed by atoms with van der Waals surface area (Å²) < 4.78 is 0. The molecule has 0 aliphatic carbocycles. The number of aliphatic hydroxyl groups is 1. The fraction of sp³-hybridized carbons (Fsp3) is 0.350. The first-order chi connectivity index (χ1) is 12.6. The molecule has 0 aromatic heterocycles. The van der Waals surface area contributed by atoms with Gasteiger partial charge in [0, 0.05) is 43.3 Å². The second kappa shape index (κ2) is 8.92. The van der Waals surface area contributed by atoms with Gasteiger partial charge in [0.25, 0.3) is 0 Å². The lowest BCUT2D eigenvalue weighted by atomic mass is 10.1. The molecule has 26 heavy (non-hydrogen) atoms. The third-order valence-electron chi connectivity index (χ3n) is 4.57. The van der Waals surface area contributed by atoms with Crippen molar-refractivity contribution in [1.29, 1.82) is 0 Å². The van der Waals surface area contributed by atoms with Gasteiger partial charge in [-0.2, -0.15) is 0 Å². The van der Waals surface area contributed by atoms with Crippen molar-refractivity contribution in [3.05, 3.63) is 65.2 Å². The summed E-state index contributed by atoms with van der Waals surface area (Å²) in [6, 6.07) is 17.8. The molecule has 3 rings (SSSR count). The van der Waals surface area contributed by atoms with Crippen molar-refractivity contribution in [2.75, 3.05) is 37.6 Å². The highest BCUT2D eigenvalue weighted by Crippen LogP contribution is 2.19. The molecule has 1 heterocycles. The second-order valence-corrected chi connectivity index (χ2v) is 6.93. The van der Waals surface area contributed by atoms with Crippen LogP contribution in [0.1, 0.15) is 5.56 Å². The number of benzene rings is 2. The van der Waals surface area contributed by atoms with Crippen molar-refractivity contribution in [1.82, 2.24) is 4.90 Å². The van der Waals surface area contributed by atoms with Gasteiger partial charge in [0.1, 0.15) is 0 Å². The normalized spacial score (nSPS) is 16.6. The average molecular weight is 373 g/mol. The number of aliphatic imine (C=N–C) groups is 1. The minimum absolute atomic E-state index is 0.318. The van der Waals surface area contributed by atoms with Crippen LogP contribution in [0.5, 0.6) is 0 Å². The maximum absolute atomic E-state index is 10.2. The van der Waals surface area contributed by atoms with Gasteiger partial charge in [0.05, 0.1) is 12.6 Å². The van der Waals surface area contributed by atoms with Crippen LogP contribution in [0.25, 0.3) is 0 Å². The summed E-state index contributed by atoms with van der Waals surface area (Å²) in [5, 5.41) is 10.9. The van der Waals surface area contributed by atoms with Crippen molar-refractivity contribution in [2.45, 2.75) is 12.5 Å². The highest BCUT2D eigenvalue weighted by atomic mass is 35.5. The van der Waals surface area contributed by atoms with Crippen LogP contribution in [0, 0.1) is 0 Å². The number of aliphatic hydroxyl groups excluding tert-OH is 1. The molecule has 5 nitrogen and oxygen atoms in total. The van der Waals surface area contributed by atoms with E-state index >= 15 is 0 Å². The lowest BCUT2D eigenvalue weighted by Crippen LogP contribution is -2.51. The molecule has 2 aromatic carbocycles. The maximum atomic E-state index is 10.2. The average Bonchev–Trinajstić information content (AvgIpc) is 2.68. The first kappa shape index (κ1) is 18.5. The molecule has 1 aliphatic heterocycles. The van der Waals surface area contributed by atoms with Gasteiger partial charge < -0.3 is 20.6 Å². The van der Waals surface area contributed by atoms with Gasteiger partial charge in [-0.05, 0) is 29.8 Å². The largest absolute Gasteiger partial charge is 0.391 e. The molecule has 3 N–H and O–H groups in total. The van der Waals surface area contributed by atoms with E-state index in [1.807, 2.05) is 54.6 Å². The molecular weight excluding hydrogens is 348 g/mol. The van der Waals surface area contributed by atoms with Crippen LogP contribution in [0.3, 0.4) is 0 Å². The van der Waals surface area contributed by atoms with Crippen LogP contribution in [0.4, 0.5) is 5.69 Å². The quantitative estimate of drug-likeness (QED) is 0.624. The smallest absolute Gasteiger partial charge is 0.191 e. The third-order valence-corrected chi connectivity index (χ3v) is 4.83. The number of guanidine groups is 1. The molecule has 0 amide bonds. The summed E-state index contributed by atoms with van der Waals surface area (Å²) in [4.78, 5) is 8.77. The van der Waals surface area contributed by atoms with E-state index in [2.05, 4.69) is 14.8 Å². The van der Waals surface area contributed by atoms with Gasteiger partial charge in [0.15, 0.2) is 5.96 Å². The molecule has 2 aromatic rings. The van der Waals surface area contributed by atoms with E-state index in [0.717, 1.165) is 36.8 Å². The van der Waals surface area contributed by atoms with Crippen molar-refractivity contribution in [2.24, 2.45) is 10.7 Å². The molecule has 0 radical (unpaired) electrons. The van der Waals surface area contributed by atoms with Crippen LogP contribution < -0.4 is 10.6 Å². The fourth-order valence-corrected chi connectivity index (χ4v) is 3.22. The zero-order valence-electron chi connectivity index (χ0n) is 14.8. The Balaban J connectivity index is 1.47. The minimum Gasteiger partial charge on any atom is -0.391 e. The van der Waals surface area contributed by atoms with Gasteiger partial charge in [-0.15, -0.1) is 0 Å². The zero-order chi connectivity index (χ0) is 18.4. The van der Waals surface area contributed by atoms with Crippen LogP contribution in [-0.4, -0.2) is 54.8 Å². The van der Waals surface area contributed by atoms with E-state index in [9.17, 15) is 5.11 Å². The van der Waals surface area contributed by atoms with Crippen LogP contribution in [0.15, 0.2) is 59.6 Å². The van der Waals surface area contributed by atoms with E-state index in [1.165, 1.54) is 5.69 Å². The highest BCUT2D eigenvalue weighted by molar-refractivity contribution is 6.30. The number of rotatable bonds is 5. The minimum atomic E-state index is -0.522. The maximum Gasteiger partial charge on any atom is 0.191 e. The summed E-state index contributed by atoms with van der Waals surface area (Å²) in [5.74, 6) is 0.507. The van der Waals surface area contributed by atoms with Gasteiger partial charge in [-0.25, -0.2) is 0 Å². The third kappa shape index (κ3) is 5.13. The Morgan fingerprint density at radius 3 is 2.35 bits per heavy atom. The van der Waals surface area contributed by atoms with Crippen LogP contribution >= 0.6 is 11.6 Å². The molecule has 1 fully saturated rings. The number of hydrogen-bond acceptors (Lipinski definition) is 3. The number of nitrogens with zero attached hydrogens (tertiary/aromatic N) is 3. The van der Waals surface area contributed by atoms with E-state index in [-0.39, 0.29) is 0 Å². The molecule has 0 spiro atoms. The molecule has 138 valence electrons. The SMILES string of the molecule is NC(=NCC(O)Cc1ccccc1)N1CCN(c2ccc(Cl)cc2)CC1. The number of hydrogen-bond donors (Lipinski definition) is 2. The molecular formula is C20H25ClN4O. The number of piperazine rings is 1. The Bertz CT molecular complexity index is 712. The molecule has 1 aliphatic rings. The lowest BCUT2D eigenvalue weighted by molar-refractivity contribution is 0.183. The second-order valence-electron chi connectivity index (χ2n) is 6.49. The van der Waals surface area contributed by atoms with E-state index in [0.29, 0.717) is 18.9 Å². The first-order valence-corrected chi connectivity index (χ1v) is 9.27. The Hall–Kier alpha value is -2.24. The topological polar surface area (TPSA) is 65.1 Å². The van der Waals surface area contributed by atoms with Gasteiger partial charge in [-0.3, -0.25) is 4.99 Å². The fourth-order valence-electron chi connectivity index (χ4n) is 3.10. The number of anilines is 1. The monoisotopic (exact) mass is 372 g/mol. The summed E-state index contributed by atoms with van der Waals surface area (Å²) in [5.41, 5.74) is 8.39. The Kier molecular flexibility index (Phi) is 6.36. The summed E-state index contributed by atoms with van der Waals surface area (Å²) in [6.07, 6.45) is 0.0633. The Morgan fingerprint density at radius 1 is 1.04 bits per heavy atom. The van der Waals surface area contributed by atoms with E-state index < -0.39 is 6.10 Å². The number of nitrogens with two attached hydrogens (primary N) is 1.